The average Bonchev–Trinajstić information content (AvgIpc) is 2.88. The van der Waals surface area contributed by atoms with Gasteiger partial charge >= 0.3 is 0 Å². The predicted molar refractivity (Wildman–Crippen MR) is 51.3 cm³/mol. The van der Waals surface area contributed by atoms with Gasteiger partial charge in [0.05, 0.1) is 18.7 Å². The first-order chi connectivity index (χ1) is 7.18. The summed E-state index contributed by atoms with van der Waals surface area (Å²) in [5.41, 5.74) is 0.766. The zero-order chi connectivity index (χ0) is 10.7. The van der Waals surface area contributed by atoms with Crippen molar-refractivity contribution in [1.29, 1.82) is 0 Å². The van der Waals surface area contributed by atoms with Crippen molar-refractivity contribution in [2.24, 2.45) is 0 Å². The van der Waals surface area contributed by atoms with Crippen LogP contribution < -0.4 is 4.72 Å². The molecule has 6 nitrogen and oxygen atoms in total. The molecule has 0 radical (unpaired) electrons. The molecule has 0 unspecified atom stereocenters. The van der Waals surface area contributed by atoms with Crippen LogP contribution in [0.3, 0.4) is 0 Å². The molecule has 0 saturated carbocycles. The molecule has 0 bridgehead atoms. The summed E-state index contributed by atoms with van der Waals surface area (Å²) in [6, 6.07) is 1.69. The Morgan fingerprint density at radius 3 is 3.00 bits per heavy atom. The molecular weight excluding hydrogens is 218 g/mol. The third-order valence-corrected chi connectivity index (χ3v) is 3.20. The number of aromatic nitrogens is 2. The van der Waals surface area contributed by atoms with Crippen LogP contribution in [-0.4, -0.2) is 18.6 Å². The van der Waals surface area contributed by atoms with Crippen LogP contribution in [0.2, 0.25) is 0 Å². The van der Waals surface area contributed by atoms with Crippen LogP contribution in [0.4, 0.5) is 0 Å². The lowest BCUT2D eigenvalue weighted by atomic mass is 10.4. The van der Waals surface area contributed by atoms with Crippen molar-refractivity contribution in [2.75, 3.05) is 0 Å². The van der Waals surface area contributed by atoms with Gasteiger partial charge in [-0.1, -0.05) is 0 Å². The van der Waals surface area contributed by atoms with Gasteiger partial charge in [-0.2, -0.15) is 5.10 Å². The minimum absolute atomic E-state index is 0.117. The summed E-state index contributed by atoms with van der Waals surface area (Å²) in [7, 11) is -3.48. The third-order valence-electron chi connectivity index (χ3n) is 1.83. The Kier molecular flexibility index (Phi) is 2.57. The van der Waals surface area contributed by atoms with Crippen LogP contribution in [0.15, 0.2) is 40.3 Å². The lowest BCUT2D eigenvalue weighted by molar-refractivity contribution is 0.561. The standard InChI is InChI=1S/C8H9N3O3S/c12-15(13,8-4-9-10-5-8)11-3-7-1-2-14-6-7/h1-2,4-6,11H,3H2,(H,9,10). The van der Waals surface area contributed by atoms with Crippen molar-refractivity contribution >= 4 is 10.0 Å². The number of furan rings is 1. The van der Waals surface area contributed by atoms with E-state index < -0.39 is 10.0 Å². The van der Waals surface area contributed by atoms with E-state index in [4.69, 9.17) is 4.42 Å². The van der Waals surface area contributed by atoms with Gasteiger partial charge in [0.2, 0.25) is 10.0 Å². The Labute approximate surface area is 86.4 Å². The number of sulfonamides is 1. The number of nitrogens with one attached hydrogen (secondary N) is 2. The van der Waals surface area contributed by atoms with E-state index in [0.717, 1.165) is 5.56 Å². The zero-order valence-corrected chi connectivity index (χ0v) is 8.49. The molecule has 0 aliphatic rings. The number of aromatic amines is 1. The van der Waals surface area contributed by atoms with Crippen LogP contribution in [0.5, 0.6) is 0 Å². The van der Waals surface area contributed by atoms with Crippen molar-refractivity contribution in [3.05, 3.63) is 36.5 Å². The van der Waals surface area contributed by atoms with Gasteiger partial charge in [0.1, 0.15) is 4.90 Å². The maximum absolute atomic E-state index is 11.6. The molecule has 0 saturated heterocycles. The van der Waals surface area contributed by atoms with Crippen molar-refractivity contribution < 1.29 is 12.8 Å². The van der Waals surface area contributed by atoms with E-state index >= 15 is 0 Å². The van der Waals surface area contributed by atoms with Gasteiger partial charge in [-0.25, -0.2) is 13.1 Å². The van der Waals surface area contributed by atoms with E-state index in [0.29, 0.717) is 0 Å². The Bertz CT molecular complexity index is 501. The van der Waals surface area contributed by atoms with Crippen molar-refractivity contribution in [2.45, 2.75) is 11.4 Å². The van der Waals surface area contributed by atoms with E-state index in [1.165, 1.54) is 24.9 Å². The first kappa shape index (κ1) is 9.94. The third kappa shape index (κ3) is 2.25. The molecule has 0 aliphatic heterocycles. The fraction of sp³-hybridized carbons (Fsp3) is 0.125. The topological polar surface area (TPSA) is 88.0 Å². The summed E-state index contributed by atoms with van der Waals surface area (Å²) >= 11 is 0. The van der Waals surface area contributed by atoms with Gasteiger partial charge in [-0.15, -0.1) is 0 Å². The molecule has 80 valence electrons. The molecule has 2 rings (SSSR count). The van der Waals surface area contributed by atoms with Crippen molar-refractivity contribution in [3.8, 4) is 0 Å². The Morgan fingerprint density at radius 1 is 1.53 bits per heavy atom. The van der Waals surface area contributed by atoms with E-state index in [-0.39, 0.29) is 11.4 Å². The maximum atomic E-state index is 11.6. The molecule has 2 heterocycles. The highest BCUT2D eigenvalue weighted by molar-refractivity contribution is 7.89. The average molecular weight is 227 g/mol. The second-order valence-electron chi connectivity index (χ2n) is 2.89. The normalized spacial score (nSPS) is 11.7. The maximum Gasteiger partial charge on any atom is 0.243 e. The first-order valence-corrected chi connectivity index (χ1v) is 5.66. The second kappa shape index (κ2) is 3.87. The number of hydrogen-bond acceptors (Lipinski definition) is 4. The van der Waals surface area contributed by atoms with E-state index in [9.17, 15) is 8.42 Å². The number of H-pyrrole nitrogens is 1. The minimum Gasteiger partial charge on any atom is -0.472 e. The van der Waals surface area contributed by atoms with Crippen molar-refractivity contribution in [1.82, 2.24) is 14.9 Å². The van der Waals surface area contributed by atoms with Gasteiger partial charge in [0, 0.05) is 18.3 Å². The van der Waals surface area contributed by atoms with Crippen LogP contribution >= 0.6 is 0 Å². The number of rotatable bonds is 4. The molecule has 2 N–H and O–H groups in total. The fourth-order valence-electron chi connectivity index (χ4n) is 1.04. The molecule has 0 amide bonds. The minimum atomic E-state index is -3.48. The predicted octanol–water partition coefficient (Wildman–Crippen LogP) is 0.481. The van der Waals surface area contributed by atoms with Crippen LogP contribution in [0, 0.1) is 0 Å². The highest BCUT2D eigenvalue weighted by Gasteiger charge is 2.14. The summed E-state index contributed by atoms with van der Waals surface area (Å²) < 4.78 is 30.4. The van der Waals surface area contributed by atoms with Crippen LogP contribution in [-0.2, 0) is 16.6 Å². The Balaban J connectivity index is 2.06. The molecule has 7 heteroatoms. The first-order valence-electron chi connectivity index (χ1n) is 4.18. The van der Waals surface area contributed by atoms with E-state index in [1.54, 1.807) is 6.07 Å². The lowest BCUT2D eigenvalue weighted by Crippen LogP contribution is -2.22. The van der Waals surface area contributed by atoms with Gasteiger partial charge in [0.25, 0.3) is 0 Å². The fourth-order valence-corrected chi connectivity index (χ4v) is 1.96. The zero-order valence-electron chi connectivity index (χ0n) is 7.67. The molecule has 2 aromatic heterocycles. The van der Waals surface area contributed by atoms with Gasteiger partial charge in [-0.05, 0) is 6.07 Å². The summed E-state index contributed by atoms with van der Waals surface area (Å²) in [5, 5.41) is 6.01. The molecule has 0 aliphatic carbocycles. The smallest absolute Gasteiger partial charge is 0.243 e. The lowest BCUT2D eigenvalue weighted by Gasteiger charge is -2.01. The monoisotopic (exact) mass is 227 g/mol. The van der Waals surface area contributed by atoms with Gasteiger partial charge in [0.15, 0.2) is 0 Å². The van der Waals surface area contributed by atoms with Crippen LogP contribution in [0.25, 0.3) is 0 Å². The number of nitrogens with zero attached hydrogens (tertiary/aromatic N) is 1. The Hall–Kier alpha value is -1.60. The molecule has 0 aromatic carbocycles. The van der Waals surface area contributed by atoms with Gasteiger partial charge in [-0.3, -0.25) is 5.10 Å². The number of hydrogen-bond donors (Lipinski definition) is 2. The summed E-state index contributed by atoms with van der Waals surface area (Å²) in [6.45, 7) is 0.198. The largest absolute Gasteiger partial charge is 0.472 e. The molecule has 0 atom stereocenters. The highest BCUT2D eigenvalue weighted by Crippen LogP contribution is 2.06. The SMILES string of the molecule is O=S(=O)(NCc1ccoc1)c1cn[nH]c1. The van der Waals surface area contributed by atoms with Gasteiger partial charge < -0.3 is 4.42 Å². The molecule has 2 aromatic rings. The summed E-state index contributed by atoms with van der Waals surface area (Å²) in [6.07, 6.45) is 5.54. The van der Waals surface area contributed by atoms with E-state index in [1.807, 2.05) is 0 Å². The van der Waals surface area contributed by atoms with E-state index in [2.05, 4.69) is 14.9 Å². The Morgan fingerprint density at radius 2 is 2.40 bits per heavy atom. The molecular formula is C8H9N3O3S. The quantitative estimate of drug-likeness (QED) is 0.795. The summed E-state index contributed by atoms with van der Waals surface area (Å²) in [5.74, 6) is 0. The van der Waals surface area contributed by atoms with Crippen LogP contribution in [0.1, 0.15) is 5.56 Å². The molecule has 15 heavy (non-hydrogen) atoms. The molecule has 0 fully saturated rings. The highest BCUT2D eigenvalue weighted by atomic mass is 32.2. The van der Waals surface area contributed by atoms with Crippen molar-refractivity contribution in [3.63, 3.8) is 0 Å². The second-order valence-corrected chi connectivity index (χ2v) is 4.66. The summed E-state index contributed by atoms with van der Waals surface area (Å²) in [4.78, 5) is 0.117. The molecule has 0 spiro atoms.